The molecule has 1 aromatic rings. The fourth-order valence-corrected chi connectivity index (χ4v) is 2.49. The average molecular weight is 298 g/mol. The number of aryl methyl sites for hydroxylation is 1. The Morgan fingerprint density at radius 1 is 1.53 bits per heavy atom. The highest BCUT2D eigenvalue weighted by Gasteiger charge is 2.25. The van der Waals surface area contributed by atoms with E-state index in [-0.39, 0.29) is 10.6 Å². The number of ketones is 1. The third kappa shape index (κ3) is 2.65. The maximum Gasteiger partial charge on any atom is 0.178 e. The molecule has 0 spiro atoms. The molecule has 1 fully saturated rings. The Balaban J connectivity index is 2.25. The van der Waals surface area contributed by atoms with Gasteiger partial charge in [0.05, 0.1) is 4.83 Å². The fraction of sp³-hybridized carbons (Fsp3) is 0.643. The molecular weight excluding hydrogens is 278 g/mol. The van der Waals surface area contributed by atoms with Gasteiger partial charge in [-0.3, -0.25) is 4.79 Å². The number of nitrogens with zero attached hydrogens (tertiary/aromatic N) is 1. The van der Waals surface area contributed by atoms with Crippen LogP contribution in [0.25, 0.3) is 0 Å². The Hall–Kier alpha value is -0.570. The number of Topliss-reactive ketones (excluding diaryl/α,β-unsaturated/α-hetero) is 1. The summed E-state index contributed by atoms with van der Waals surface area (Å²) in [6.45, 7) is 7.28. The van der Waals surface area contributed by atoms with Crippen LogP contribution < -0.4 is 0 Å². The number of aromatic nitrogens is 1. The number of carbonyl (C=O) groups excluding carboxylic acids is 1. The summed E-state index contributed by atoms with van der Waals surface area (Å²) in [4.78, 5) is 12.2. The first-order valence-electron chi connectivity index (χ1n) is 6.39. The van der Waals surface area contributed by atoms with E-state index < -0.39 is 0 Å². The van der Waals surface area contributed by atoms with Crippen molar-refractivity contribution < 1.29 is 4.79 Å². The normalized spacial score (nSPS) is 17.2. The predicted molar refractivity (Wildman–Crippen MR) is 74.0 cm³/mol. The smallest absolute Gasteiger partial charge is 0.178 e. The zero-order chi connectivity index (χ0) is 12.6. The van der Waals surface area contributed by atoms with Crippen molar-refractivity contribution in [3.05, 3.63) is 23.0 Å². The lowest BCUT2D eigenvalue weighted by atomic mass is 10.1. The number of hydrogen-bond donors (Lipinski definition) is 0. The zero-order valence-corrected chi connectivity index (χ0v) is 12.4. The minimum absolute atomic E-state index is 0.0441. The van der Waals surface area contributed by atoms with Crippen LogP contribution in [0.4, 0.5) is 0 Å². The molecule has 3 heteroatoms. The lowest BCUT2D eigenvalue weighted by Gasteiger charge is -2.09. The molecule has 1 aliphatic carbocycles. The molecule has 1 atom stereocenters. The Kier molecular flexibility index (Phi) is 3.76. The van der Waals surface area contributed by atoms with E-state index in [4.69, 9.17) is 0 Å². The van der Waals surface area contributed by atoms with Crippen LogP contribution in [0.2, 0.25) is 0 Å². The maximum absolute atomic E-state index is 12.2. The summed E-state index contributed by atoms with van der Waals surface area (Å²) in [5.74, 6) is 1.07. The molecule has 0 N–H and O–H groups in total. The number of hydrogen-bond acceptors (Lipinski definition) is 1. The van der Waals surface area contributed by atoms with Crippen LogP contribution in [0.15, 0.2) is 6.07 Å². The third-order valence-electron chi connectivity index (χ3n) is 3.62. The first-order chi connectivity index (χ1) is 8.04. The van der Waals surface area contributed by atoms with Gasteiger partial charge in [-0.2, -0.15) is 0 Å². The van der Waals surface area contributed by atoms with Crippen LogP contribution in [0, 0.1) is 19.8 Å². The summed E-state index contributed by atoms with van der Waals surface area (Å²) in [5.41, 5.74) is 3.25. The number of rotatable bonds is 5. The highest BCUT2D eigenvalue weighted by molar-refractivity contribution is 9.10. The molecule has 1 aliphatic rings. The van der Waals surface area contributed by atoms with Gasteiger partial charge in [0.2, 0.25) is 0 Å². The second-order valence-electron chi connectivity index (χ2n) is 5.08. The van der Waals surface area contributed by atoms with E-state index in [0.717, 1.165) is 30.1 Å². The highest BCUT2D eigenvalue weighted by Crippen LogP contribution is 2.32. The molecule has 0 bridgehead atoms. The minimum atomic E-state index is -0.0441. The van der Waals surface area contributed by atoms with Crippen molar-refractivity contribution in [2.24, 2.45) is 5.92 Å². The molecule has 1 heterocycles. The summed E-state index contributed by atoms with van der Waals surface area (Å²) in [5, 5.41) is 0. The quantitative estimate of drug-likeness (QED) is 0.597. The number of alkyl halides is 1. The summed E-state index contributed by atoms with van der Waals surface area (Å²) >= 11 is 3.45. The SMILES string of the molecule is CCC(Br)C(=O)c1cc(C)n(CC2CC2)c1C. The number of halogens is 1. The molecule has 0 radical (unpaired) electrons. The molecule has 2 rings (SSSR count). The first kappa shape index (κ1) is 12.9. The molecule has 1 aromatic heterocycles. The Morgan fingerprint density at radius 3 is 2.71 bits per heavy atom. The Labute approximate surface area is 112 Å². The highest BCUT2D eigenvalue weighted by atomic mass is 79.9. The lowest BCUT2D eigenvalue weighted by Crippen LogP contribution is -2.14. The standard InChI is InChI=1S/C14H20BrNO/c1-4-13(15)14(17)12-7-9(2)16(10(12)3)8-11-5-6-11/h7,11,13H,4-6,8H2,1-3H3. The topological polar surface area (TPSA) is 22.0 Å². The van der Waals surface area contributed by atoms with Crippen LogP contribution in [-0.4, -0.2) is 15.2 Å². The van der Waals surface area contributed by atoms with Crippen molar-refractivity contribution in [3.63, 3.8) is 0 Å². The van der Waals surface area contributed by atoms with Crippen LogP contribution in [0.3, 0.4) is 0 Å². The zero-order valence-electron chi connectivity index (χ0n) is 10.8. The first-order valence-corrected chi connectivity index (χ1v) is 7.31. The summed E-state index contributed by atoms with van der Waals surface area (Å²) < 4.78 is 2.31. The van der Waals surface area contributed by atoms with E-state index in [1.54, 1.807) is 0 Å². The third-order valence-corrected chi connectivity index (χ3v) is 4.68. The van der Waals surface area contributed by atoms with Crippen LogP contribution in [-0.2, 0) is 6.54 Å². The second-order valence-corrected chi connectivity index (χ2v) is 6.18. The summed E-state index contributed by atoms with van der Waals surface area (Å²) in [6, 6.07) is 2.05. The molecule has 0 aliphatic heterocycles. The molecule has 2 nitrogen and oxygen atoms in total. The van der Waals surface area contributed by atoms with E-state index in [1.807, 2.05) is 13.0 Å². The van der Waals surface area contributed by atoms with Crippen molar-refractivity contribution in [2.45, 2.75) is 51.4 Å². The molecule has 1 saturated carbocycles. The molecule has 17 heavy (non-hydrogen) atoms. The van der Waals surface area contributed by atoms with E-state index in [2.05, 4.69) is 34.3 Å². The van der Waals surface area contributed by atoms with Gasteiger partial charge < -0.3 is 4.57 Å². The van der Waals surface area contributed by atoms with Gasteiger partial charge in [-0.05, 0) is 45.1 Å². The van der Waals surface area contributed by atoms with Crippen LogP contribution in [0.5, 0.6) is 0 Å². The molecule has 0 aromatic carbocycles. The molecule has 0 amide bonds. The largest absolute Gasteiger partial charge is 0.348 e. The van der Waals surface area contributed by atoms with Gasteiger partial charge in [0, 0.05) is 23.5 Å². The van der Waals surface area contributed by atoms with Gasteiger partial charge in [-0.1, -0.05) is 22.9 Å². The van der Waals surface area contributed by atoms with E-state index in [1.165, 1.54) is 18.5 Å². The van der Waals surface area contributed by atoms with Gasteiger partial charge in [-0.15, -0.1) is 0 Å². The van der Waals surface area contributed by atoms with Crippen LogP contribution >= 0.6 is 15.9 Å². The Bertz CT molecular complexity index is 432. The molecule has 1 unspecified atom stereocenters. The molecular formula is C14H20BrNO. The van der Waals surface area contributed by atoms with Crippen molar-refractivity contribution >= 4 is 21.7 Å². The molecule has 0 saturated heterocycles. The fourth-order valence-electron chi connectivity index (χ4n) is 2.24. The monoisotopic (exact) mass is 297 g/mol. The summed E-state index contributed by atoms with van der Waals surface area (Å²) in [6.07, 6.45) is 3.53. The van der Waals surface area contributed by atoms with Gasteiger partial charge in [0.25, 0.3) is 0 Å². The lowest BCUT2D eigenvalue weighted by molar-refractivity contribution is 0.0989. The van der Waals surface area contributed by atoms with Gasteiger partial charge in [-0.25, -0.2) is 0 Å². The van der Waals surface area contributed by atoms with Gasteiger partial charge in [0.15, 0.2) is 5.78 Å². The van der Waals surface area contributed by atoms with Crippen molar-refractivity contribution in [1.82, 2.24) is 4.57 Å². The predicted octanol–water partition coefficient (Wildman–Crippen LogP) is 3.87. The second kappa shape index (κ2) is 4.97. The van der Waals surface area contributed by atoms with Crippen molar-refractivity contribution in [1.29, 1.82) is 0 Å². The van der Waals surface area contributed by atoms with Crippen molar-refractivity contribution in [2.75, 3.05) is 0 Å². The maximum atomic E-state index is 12.2. The Morgan fingerprint density at radius 2 is 2.18 bits per heavy atom. The summed E-state index contributed by atoms with van der Waals surface area (Å²) in [7, 11) is 0. The van der Waals surface area contributed by atoms with E-state index in [9.17, 15) is 4.79 Å². The van der Waals surface area contributed by atoms with E-state index >= 15 is 0 Å². The van der Waals surface area contributed by atoms with Crippen LogP contribution in [0.1, 0.15) is 47.9 Å². The van der Waals surface area contributed by atoms with Gasteiger partial charge in [0.1, 0.15) is 0 Å². The van der Waals surface area contributed by atoms with Gasteiger partial charge >= 0.3 is 0 Å². The van der Waals surface area contributed by atoms with Crippen molar-refractivity contribution in [3.8, 4) is 0 Å². The average Bonchev–Trinajstić information content (AvgIpc) is 3.09. The molecule has 94 valence electrons. The minimum Gasteiger partial charge on any atom is -0.348 e. The van der Waals surface area contributed by atoms with E-state index in [0.29, 0.717) is 0 Å². The number of carbonyl (C=O) groups is 1.